The van der Waals surface area contributed by atoms with Crippen molar-refractivity contribution in [2.24, 2.45) is 0 Å². The Morgan fingerprint density at radius 2 is 1.84 bits per heavy atom. The van der Waals surface area contributed by atoms with Crippen molar-refractivity contribution in [3.63, 3.8) is 0 Å². The molecule has 0 saturated carbocycles. The van der Waals surface area contributed by atoms with Crippen molar-refractivity contribution in [3.8, 4) is 23.8 Å². The summed E-state index contributed by atoms with van der Waals surface area (Å²) in [6.45, 7) is 8.09. The molecule has 0 bridgehead atoms. The van der Waals surface area contributed by atoms with Gasteiger partial charge in [0.05, 0.1) is 6.54 Å². The van der Waals surface area contributed by atoms with Crippen LogP contribution < -0.4 is 4.74 Å². The Labute approximate surface area is 151 Å². The first kappa shape index (κ1) is 17.3. The molecule has 1 aliphatic rings. The number of likely N-dealkylation sites (N-methyl/N-ethyl adjacent to an activating group) is 1. The van der Waals surface area contributed by atoms with Gasteiger partial charge >= 0.3 is 0 Å². The van der Waals surface area contributed by atoms with Crippen LogP contribution in [0.5, 0.6) is 11.5 Å². The molecule has 0 radical (unpaired) electrons. The van der Waals surface area contributed by atoms with Crippen LogP contribution in [0.3, 0.4) is 0 Å². The van der Waals surface area contributed by atoms with Gasteiger partial charge in [0.2, 0.25) is 0 Å². The molecule has 0 saturated heterocycles. The lowest BCUT2D eigenvalue weighted by Crippen LogP contribution is -2.21. The molecule has 0 atom stereocenters. The highest BCUT2D eigenvalue weighted by atomic mass is 16.5. The Morgan fingerprint density at radius 3 is 2.56 bits per heavy atom. The fourth-order valence-electron chi connectivity index (χ4n) is 3.05. The highest BCUT2D eigenvalue weighted by Crippen LogP contribution is 2.40. The average molecular weight is 331 g/mol. The van der Waals surface area contributed by atoms with Gasteiger partial charge in [0.15, 0.2) is 0 Å². The van der Waals surface area contributed by atoms with Gasteiger partial charge in [-0.1, -0.05) is 51.0 Å². The topological polar surface area (TPSA) is 12.5 Å². The largest absolute Gasteiger partial charge is 0.456 e. The van der Waals surface area contributed by atoms with Crippen LogP contribution in [-0.2, 0) is 5.41 Å². The fourth-order valence-corrected chi connectivity index (χ4v) is 3.05. The lowest BCUT2D eigenvalue weighted by atomic mass is 9.85. The van der Waals surface area contributed by atoms with Crippen molar-refractivity contribution in [2.45, 2.75) is 26.2 Å². The number of benzene rings is 2. The molecule has 2 aromatic rings. The van der Waals surface area contributed by atoms with Gasteiger partial charge < -0.3 is 4.74 Å². The smallest absolute Gasteiger partial charge is 0.135 e. The highest BCUT2D eigenvalue weighted by molar-refractivity contribution is 5.88. The zero-order chi connectivity index (χ0) is 18.0. The molecule has 0 amide bonds. The van der Waals surface area contributed by atoms with Crippen molar-refractivity contribution < 1.29 is 4.74 Å². The third-order valence-corrected chi connectivity index (χ3v) is 4.46. The van der Waals surface area contributed by atoms with Crippen LogP contribution in [0.2, 0.25) is 0 Å². The van der Waals surface area contributed by atoms with Gasteiger partial charge in [0.25, 0.3) is 0 Å². The van der Waals surface area contributed by atoms with Crippen LogP contribution >= 0.6 is 0 Å². The zero-order valence-corrected chi connectivity index (χ0v) is 15.5. The lowest BCUT2D eigenvalue weighted by molar-refractivity contribution is 0.424. The molecule has 2 nitrogen and oxygen atoms in total. The number of ether oxygens (including phenoxy) is 1. The minimum Gasteiger partial charge on any atom is -0.456 e. The summed E-state index contributed by atoms with van der Waals surface area (Å²) in [6.07, 6.45) is 7.70. The van der Waals surface area contributed by atoms with E-state index in [0.717, 1.165) is 29.2 Å². The second-order valence-electron chi connectivity index (χ2n) is 7.65. The average Bonchev–Trinajstić information content (AvgIpc) is 2.70. The summed E-state index contributed by atoms with van der Waals surface area (Å²) in [6, 6.07) is 14.7. The second kappa shape index (κ2) is 6.78. The number of terminal acetylenes is 1. The molecule has 2 heteroatoms. The Morgan fingerprint density at radius 1 is 1.08 bits per heavy atom. The van der Waals surface area contributed by atoms with Gasteiger partial charge in [-0.05, 0) is 47.9 Å². The van der Waals surface area contributed by atoms with Gasteiger partial charge in [0.1, 0.15) is 11.5 Å². The van der Waals surface area contributed by atoms with Crippen molar-refractivity contribution in [2.75, 3.05) is 20.1 Å². The molecule has 1 aliphatic heterocycles. The third kappa shape index (κ3) is 3.78. The summed E-state index contributed by atoms with van der Waals surface area (Å²) in [4.78, 5) is 2.15. The summed E-state index contributed by atoms with van der Waals surface area (Å²) < 4.78 is 6.23. The Balaban J connectivity index is 2.13. The van der Waals surface area contributed by atoms with E-state index >= 15 is 0 Å². The molecular weight excluding hydrogens is 306 g/mol. The summed E-state index contributed by atoms with van der Waals surface area (Å²) in [5.74, 6) is 4.51. The van der Waals surface area contributed by atoms with E-state index in [1.165, 1.54) is 11.1 Å². The lowest BCUT2D eigenvalue weighted by Gasteiger charge is -2.23. The Bertz CT molecular complexity index is 849. The Kier molecular flexibility index (Phi) is 4.70. The van der Waals surface area contributed by atoms with E-state index in [2.05, 4.69) is 61.9 Å². The summed E-state index contributed by atoms with van der Waals surface area (Å²) in [7, 11) is 2.05. The summed E-state index contributed by atoms with van der Waals surface area (Å²) in [5, 5.41) is 0. The van der Waals surface area contributed by atoms with Crippen LogP contribution in [0.25, 0.3) is 11.6 Å². The number of para-hydroxylation sites is 1. The maximum absolute atomic E-state index is 6.23. The van der Waals surface area contributed by atoms with Crippen LogP contribution in [0, 0.1) is 12.3 Å². The number of hydrogen-bond donors (Lipinski definition) is 0. The molecule has 128 valence electrons. The molecule has 0 fully saturated rings. The predicted octanol–water partition coefficient (Wildman–Crippen LogP) is 5.20. The van der Waals surface area contributed by atoms with Crippen LogP contribution in [0.4, 0.5) is 0 Å². The van der Waals surface area contributed by atoms with E-state index in [-0.39, 0.29) is 5.41 Å². The first-order chi connectivity index (χ1) is 11.9. The number of nitrogens with zero attached hydrogens (tertiary/aromatic N) is 1. The maximum atomic E-state index is 6.23. The first-order valence-electron chi connectivity index (χ1n) is 8.63. The molecular formula is C23H25NO. The SMILES string of the molecule is C#CCN(C)CC1=Cc2ccccc2Oc2ccc(C(C)(C)C)cc21. The minimum absolute atomic E-state index is 0.0873. The molecule has 25 heavy (non-hydrogen) atoms. The standard InChI is InChI=1S/C23H25NO/c1-6-13-24(5)16-18-14-17-9-7-8-10-21(17)25-22-12-11-19(15-20(18)22)23(2,3)4/h1,7-12,14-15H,13,16H2,2-5H3. The minimum atomic E-state index is 0.0873. The van der Waals surface area contributed by atoms with Crippen molar-refractivity contribution in [3.05, 3.63) is 59.2 Å². The van der Waals surface area contributed by atoms with E-state index in [4.69, 9.17) is 11.2 Å². The van der Waals surface area contributed by atoms with Gasteiger partial charge in [-0.25, -0.2) is 0 Å². The second-order valence-corrected chi connectivity index (χ2v) is 7.65. The molecule has 1 heterocycles. The summed E-state index contributed by atoms with van der Waals surface area (Å²) >= 11 is 0. The number of hydrogen-bond acceptors (Lipinski definition) is 2. The van der Waals surface area contributed by atoms with E-state index < -0.39 is 0 Å². The van der Waals surface area contributed by atoms with Gasteiger partial charge in [0, 0.05) is 17.7 Å². The predicted molar refractivity (Wildman–Crippen MR) is 106 cm³/mol. The number of fused-ring (bicyclic) bond motifs is 2. The highest BCUT2D eigenvalue weighted by Gasteiger charge is 2.21. The van der Waals surface area contributed by atoms with E-state index in [1.54, 1.807) is 0 Å². The van der Waals surface area contributed by atoms with Crippen molar-refractivity contribution in [1.29, 1.82) is 0 Å². The molecule has 0 aliphatic carbocycles. The van der Waals surface area contributed by atoms with Crippen molar-refractivity contribution >= 4 is 11.6 Å². The number of rotatable bonds is 3. The van der Waals surface area contributed by atoms with E-state index in [9.17, 15) is 0 Å². The quantitative estimate of drug-likeness (QED) is 0.717. The Hall–Kier alpha value is -2.50. The van der Waals surface area contributed by atoms with Crippen LogP contribution in [-0.4, -0.2) is 25.0 Å². The van der Waals surface area contributed by atoms with Crippen LogP contribution in [0.1, 0.15) is 37.5 Å². The zero-order valence-electron chi connectivity index (χ0n) is 15.5. The normalized spacial score (nSPS) is 13.2. The first-order valence-corrected chi connectivity index (χ1v) is 8.63. The maximum Gasteiger partial charge on any atom is 0.135 e. The third-order valence-electron chi connectivity index (χ3n) is 4.46. The van der Waals surface area contributed by atoms with Gasteiger partial charge in [-0.3, -0.25) is 4.90 Å². The molecule has 0 N–H and O–H groups in total. The summed E-state index contributed by atoms with van der Waals surface area (Å²) in [5.41, 5.74) is 4.85. The fraction of sp³-hybridized carbons (Fsp3) is 0.304. The molecule has 2 aromatic carbocycles. The van der Waals surface area contributed by atoms with Gasteiger partial charge in [-0.15, -0.1) is 6.42 Å². The molecule has 0 spiro atoms. The van der Waals surface area contributed by atoms with E-state index in [1.807, 2.05) is 25.2 Å². The van der Waals surface area contributed by atoms with Gasteiger partial charge in [-0.2, -0.15) is 0 Å². The molecule has 0 unspecified atom stereocenters. The molecule has 0 aromatic heterocycles. The van der Waals surface area contributed by atoms with Crippen molar-refractivity contribution in [1.82, 2.24) is 4.90 Å². The van der Waals surface area contributed by atoms with E-state index in [0.29, 0.717) is 6.54 Å². The monoisotopic (exact) mass is 331 g/mol. The van der Waals surface area contributed by atoms with Crippen LogP contribution in [0.15, 0.2) is 42.5 Å². The molecule has 3 rings (SSSR count).